The highest BCUT2D eigenvalue weighted by Crippen LogP contribution is 2.42. The van der Waals surface area contributed by atoms with Crippen LogP contribution in [-0.4, -0.2) is 63.4 Å². The van der Waals surface area contributed by atoms with Crippen molar-refractivity contribution in [1.82, 2.24) is 19.7 Å². The average Bonchev–Trinajstić information content (AvgIpc) is 3.47. The number of anilines is 1. The number of ether oxygens (including phenoxy) is 3. The molecule has 12 heteroatoms. The van der Waals surface area contributed by atoms with E-state index >= 15 is 0 Å². The molecule has 37 heavy (non-hydrogen) atoms. The van der Waals surface area contributed by atoms with Crippen LogP contribution in [0.4, 0.5) is 14.6 Å². The van der Waals surface area contributed by atoms with Gasteiger partial charge in [0.2, 0.25) is 5.88 Å². The number of amides is 2. The molecule has 5 rings (SSSR count). The lowest BCUT2D eigenvalue weighted by atomic mass is 10.1. The van der Waals surface area contributed by atoms with Crippen LogP contribution in [0.25, 0.3) is 0 Å². The van der Waals surface area contributed by atoms with Gasteiger partial charge in [-0.2, -0.15) is 13.9 Å². The fourth-order valence-corrected chi connectivity index (χ4v) is 3.76. The molecule has 2 amide bonds. The molecule has 2 fully saturated rings. The van der Waals surface area contributed by atoms with Gasteiger partial charge < -0.3 is 24.4 Å². The number of halogens is 2. The molecule has 1 aliphatic carbocycles. The van der Waals surface area contributed by atoms with Gasteiger partial charge in [-0.3, -0.25) is 14.3 Å². The normalized spacial score (nSPS) is 15.7. The molecule has 1 saturated carbocycles. The van der Waals surface area contributed by atoms with E-state index in [0.29, 0.717) is 24.2 Å². The van der Waals surface area contributed by atoms with Crippen molar-refractivity contribution in [3.05, 3.63) is 59.9 Å². The van der Waals surface area contributed by atoms with Crippen molar-refractivity contribution < 1.29 is 32.6 Å². The summed E-state index contributed by atoms with van der Waals surface area (Å²) >= 11 is 0. The van der Waals surface area contributed by atoms with Crippen LogP contribution < -0.4 is 14.8 Å². The molecule has 194 valence electrons. The van der Waals surface area contributed by atoms with E-state index in [1.165, 1.54) is 18.3 Å². The maximum atomic E-state index is 12.9. The van der Waals surface area contributed by atoms with Gasteiger partial charge in [-0.25, -0.2) is 4.98 Å². The van der Waals surface area contributed by atoms with Gasteiger partial charge in [0.25, 0.3) is 11.8 Å². The van der Waals surface area contributed by atoms with Crippen molar-refractivity contribution in [2.75, 3.05) is 25.0 Å². The summed E-state index contributed by atoms with van der Waals surface area (Å²) < 4.78 is 43.0. The van der Waals surface area contributed by atoms with Gasteiger partial charge in [0.05, 0.1) is 12.2 Å². The fourth-order valence-electron chi connectivity index (χ4n) is 3.76. The molecule has 1 saturated heterocycles. The number of benzene rings is 1. The molecule has 0 radical (unpaired) electrons. The Hall–Kier alpha value is -4.06. The number of rotatable bonds is 10. The zero-order valence-corrected chi connectivity index (χ0v) is 20.0. The van der Waals surface area contributed by atoms with E-state index in [2.05, 4.69) is 20.1 Å². The first kappa shape index (κ1) is 24.6. The molecule has 0 bridgehead atoms. The Bertz CT molecular complexity index is 1290. The Kier molecular flexibility index (Phi) is 6.74. The molecule has 1 aliphatic heterocycles. The minimum absolute atomic E-state index is 0.0880. The summed E-state index contributed by atoms with van der Waals surface area (Å²) in [7, 11) is 1.72. The van der Waals surface area contributed by atoms with E-state index in [9.17, 15) is 18.4 Å². The van der Waals surface area contributed by atoms with E-state index in [1.807, 2.05) is 0 Å². The number of aryl methyl sites for hydroxylation is 1. The molecule has 1 N–H and O–H groups in total. The second kappa shape index (κ2) is 10.1. The van der Waals surface area contributed by atoms with Crippen LogP contribution in [0.5, 0.6) is 17.4 Å². The number of pyridine rings is 1. The summed E-state index contributed by atoms with van der Waals surface area (Å²) in [5.41, 5.74) is -0.233. The molecular weight excluding hydrogens is 488 g/mol. The number of carbonyl (C=O) groups is 2. The van der Waals surface area contributed by atoms with Crippen molar-refractivity contribution in [3.63, 3.8) is 0 Å². The minimum atomic E-state index is -2.91. The summed E-state index contributed by atoms with van der Waals surface area (Å²) in [6, 6.07) is 9.37. The molecule has 2 aliphatic rings. The summed E-state index contributed by atoms with van der Waals surface area (Å²) in [6.07, 6.45) is 5.19. The van der Waals surface area contributed by atoms with Crippen molar-refractivity contribution >= 4 is 17.6 Å². The second-order valence-corrected chi connectivity index (χ2v) is 9.01. The van der Waals surface area contributed by atoms with E-state index in [-0.39, 0.29) is 35.5 Å². The monoisotopic (exact) mass is 513 g/mol. The maximum Gasteiger partial charge on any atom is 0.345 e. The second-order valence-electron chi connectivity index (χ2n) is 9.01. The summed E-state index contributed by atoms with van der Waals surface area (Å²) in [5.74, 6) is 0.498. The third kappa shape index (κ3) is 6.02. The Morgan fingerprint density at radius 3 is 2.49 bits per heavy atom. The molecule has 0 spiro atoms. The summed E-state index contributed by atoms with van der Waals surface area (Å²) in [6.45, 7) is -1.72. The molecule has 2 aromatic heterocycles. The molecule has 0 unspecified atom stereocenters. The highest BCUT2D eigenvalue weighted by atomic mass is 19.3. The van der Waals surface area contributed by atoms with Crippen LogP contribution in [0.3, 0.4) is 0 Å². The average molecular weight is 514 g/mol. The Labute approximate surface area is 211 Å². The molecular formula is C25H25F2N5O5. The number of nitrogens with one attached hydrogen (secondary N) is 1. The fraction of sp³-hybridized carbons (Fsp3) is 0.360. The van der Waals surface area contributed by atoms with Crippen LogP contribution in [0.1, 0.15) is 40.0 Å². The largest absolute Gasteiger partial charge is 0.485 e. The lowest BCUT2D eigenvalue weighted by Gasteiger charge is -2.30. The van der Waals surface area contributed by atoms with Gasteiger partial charge >= 0.3 is 6.61 Å². The zero-order chi connectivity index (χ0) is 26.0. The molecule has 10 nitrogen and oxygen atoms in total. The zero-order valence-electron chi connectivity index (χ0n) is 20.0. The van der Waals surface area contributed by atoms with Crippen LogP contribution in [0.2, 0.25) is 0 Å². The summed E-state index contributed by atoms with van der Waals surface area (Å²) in [5, 5.41) is 6.83. The lowest BCUT2D eigenvalue weighted by molar-refractivity contribution is -0.148. The number of nitrogens with zero attached hydrogens (tertiary/aromatic N) is 4. The van der Waals surface area contributed by atoms with E-state index in [1.54, 1.807) is 47.1 Å². The van der Waals surface area contributed by atoms with Gasteiger partial charge in [-0.1, -0.05) is 0 Å². The number of likely N-dealkylation sites (tertiary alicyclic amines) is 1. The number of hydrogen-bond donors (Lipinski definition) is 1. The highest BCUT2D eigenvalue weighted by Gasteiger charge is 2.46. The van der Waals surface area contributed by atoms with Gasteiger partial charge in [0.15, 0.2) is 5.82 Å². The summed E-state index contributed by atoms with van der Waals surface area (Å²) in [4.78, 5) is 31.3. The number of aromatic nitrogens is 3. The SMILES string of the molecule is Cn1ccc(NC(=O)c2cc(Oc3ccc(C(=O)N4CCC4)cn3)cc(OC3(COC(F)F)CC3)c2)n1. The molecule has 1 aromatic carbocycles. The molecule has 3 heterocycles. The lowest BCUT2D eigenvalue weighted by Crippen LogP contribution is -2.42. The predicted octanol–water partition coefficient (Wildman–Crippen LogP) is 3.86. The Morgan fingerprint density at radius 1 is 1.11 bits per heavy atom. The maximum absolute atomic E-state index is 12.9. The van der Waals surface area contributed by atoms with Crippen LogP contribution in [0.15, 0.2) is 48.8 Å². The standard InChI is InChI=1S/C25H25F2N5O5/c1-31-10-5-20(30-31)29-22(33)17-11-18(13-19(12-17)37-25(6-7-25)15-35-24(26)27)36-21-4-3-16(14-28-21)23(34)32-8-2-9-32/h3-5,10-14,24H,2,6-9,15H2,1H3,(H,29,30,33). The van der Waals surface area contributed by atoms with Crippen LogP contribution in [0, 0.1) is 0 Å². The highest BCUT2D eigenvalue weighted by molar-refractivity contribution is 6.04. The Morgan fingerprint density at radius 2 is 1.89 bits per heavy atom. The first-order valence-electron chi connectivity index (χ1n) is 11.8. The number of alkyl halides is 2. The van der Waals surface area contributed by atoms with Gasteiger partial charge in [0.1, 0.15) is 17.1 Å². The van der Waals surface area contributed by atoms with Crippen molar-refractivity contribution in [2.24, 2.45) is 7.05 Å². The predicted molar refractivity (Wildman–Crippen MR) is 127 cm³/mol. The topological polar surface area (TPSA) is 108 Å². The van der Waals surface area contributed by atoms with E-state index < -0.39 is 18.1 Å². The van der Waals surface area contributed by atoms with Crippen LogP contribution >= 0.6 is 0 Å². The first-order valence-corrected chi connectivity index (χ1v) is 11.8. The van der Waals surface area contributed by atoms with Gasteiger partial charge in [-0.15, -0.1) is 0 Å². The van der Waals surface area contributed by atoms with Crippen LogP contribution in [-0.2, 0) is 11.8 Å². The third-order valence-electron chi connectivity index (χ3n) is 6.06. The Balaban J connectivity index is 1.36. The van der Waals surface area contributed by atoms with Crippen molar-refractivity contribution in [3.8, 4) is 17.4 Å². The van der Waals surface area contributed by atoms with Crippen molar-refractivity contribution in [1.29, 1.82) is 0 Å². The van der Waals surface area contributed by atoms with E-state index in [4.69, 9.17) is 9.47 Å². The number of carbonyl (C=O) groups excluding carboxylic acids is 2. The quantitative estimate of drug-likeness (QED) is 0.439. The van der Waals surface area contributed by atoms with Gasteiger partial charge in [-0.05, 0) is 37.5 Å². The smallest absolute Gasteiger partial charge is 0.345 e. The first-order chi connectivity index (χ1) is 17.8. The third-order valence-corrected chi connectivity index (χ3v) is 6.06. The molecule has 0 atom stereocenters. The van der Waals surface area contributed by atoms with Crippen molar-refractivity contribution in [2.45, 2.75) is 31.5 Å². The van der Waals surface area contributed by atoms with Gasteiger partial charge in [0, 0.05) is 56.3 Å². The minimum Gasteiger partial charge on any atom is -0.485 e. The molecule has 3 aromatic rings. The van der Waals surface area contributed by atoms with E-state index in [0.717, 1.165) is 19.5 Å². The number of hydrogen-bond acceptors (Lipinski definition) is 7.